The lowest BCUT2D eigenvalue weighted by Gasteiger charge is -2.36. The maximum atomic E-state index is 14.2. The zero-order valence-corrected chi connectivity index (χ0v) is 27.4. The molecule has 250 valence electrons. The highest BCUT2D eigenvalue weighted by atomic mass is 32.2. The molecule has 2 aliphatic rings. The maximum absolute atomic E-state index is 14.2. The third-order valence-corrected chi connectivity index (χ3v) is 10.8. The first kappa shape index (κ1) is 32.8. The Kier molecular flexibility index (Phi) is 8.72. The molecule has 0 spiro atoms. The molecule has 1 unspecified atom stereocenters. The molecule has 6 rings (SSSR count). The standard InChI is InChI=1S/C32H36F3N7O4S/c1-5-46-28(43)15-24(23-11-13-42-29(21(23)4)38-39-31(42)32(33,34)35)25-10-9-20(3)26(37-25)18-40-17-22-8-6-7-12-41(22)30-27(47(40,44)45)14-19(2)16-36-30/h9-11,13-14,16,22,24H,5-8,12,15,17-18H2,1-4H3/t22-,24?/m1/s1. The van der Waals surface area contributed by atoms with Gasteiger partial charge in [0.05, 0.1) is 25.3 Å². The van der Waals surface area contributed by atoms with E-state index in [4.69, 9.17) is 9.72 Å². The first-order chi connectivity index (χ1) is 22.3. The van der Waals surface area contributed by atoms with Crippen molar-refractivity contribution < 1.29 is 31.1 Å². The molecule has 0 bridgehead atoms. The Morgan fingerprint density at radius 3 is 2.66 bits per heavy atom. The highest BCUT2D eigenvalue weighted by Gasteiger charge is 2.40. The number of fused-ring (bicyclic) bond motifs is 4. The molecule has 15 heteroatoms. The number of carbonyl (C=O) groups excluding carboxylic acids is 1. The predicted octanol–water partition coefficient (Wildman–Crippen LogP) is 5.11. The SMILES string of the molecule is CCOC(=O)CC(c1ccc(C)c(CN2C[C@H]3CCCCN3c3ncc(C)cc3S2(=O)=O)n1)c1ccn2c(C(F)(F)F)nnc2c1C. The number of aryl methyl sites for hydroxylation is 3. The summed E-state index contributed by atoms with van der Waals surface area (Å²) in [6.07, 6.45) is 0.848. The van der Waals surface area contributed by atoms with Crippen LogP contribution in [-0.4, -0.2) is 69.0 Å². The van der Waals surface area contributed by atoms with E-state index in [2.05, 4.69) is 20.1 Å². The van der Waals surface area contributed by atoms with Crippen LogP contribution in [-0.2, 0) is 32.3 Å². The number of rotatable bonds is 7. The van der Waals surface area contributed by atoms with Gasteiger partial charge in [-0.2, -0.15) is 17.5 Å². The van der Waals surface area contributed by atoms with E-state index >= 15 is 0 Å². The summed E-state index contributed by atoms with van der Waals surface area (Å²) < 4.78 is 76.7. The van der Waals surface area contributed by atoms with Gasteiger partial charge >= 0.3 is 12.1 Å². The molecule has 0 aliphatic carbocycles. The Labute approximate surface area is 270 Å². The average molecular weight is 672 g/mol. The van der Waals surface area contributed by atoms with Gasteiger partial charge in [0.2, 0.25) is 15.8 Å². The van der Waals surface area contributed by atoms with Crippen molar-refractivity contribution in [3.05, 3.63) is 76.1 Å². The summed E-state index contributed by atoms with van der Waals surface area (Å²) in [6, 6.07) is 6.70. The van der Waals surface area contributed by atoms with E-state index in [0.29, 0.717) is 28.3 Å². The summed E-state index contributed by atoms with van der Waals surface area (Å²) in [4.78, 5) is 24.6. The summed E-state index contributed by atoms with van der Waals surface area (Å²) in [5.41, 5.74) is 3.39. The van der Waals surface area contributed by atoms with Gasteiger partial charge in [-0.25, -0.2) is 13.4 Å². The minimum Gasteiger partial charge on any atom is -0.466 e. The molecule has 4 aromatic heterocycles. The van der Waals surface area contributed by atoms with Crippen molar-refractivity contribution in [2.24, 2.45) is 0 Å². The number of pyridine rings is 3. The van der Waals surface area contributed by atoms with E-state index in [0.717, 1.165) is 41.3 Å². The number of alkyl halides is 3. The molecule has 2 atom stereocenters. The number of aromatic nitrogens is 5. The number of esters is 1. The van der Waals surface area contributed by atoms with Crippen LogP contribution < -0.4 is 4.90 Å². The Hall–Kier alpha value is -4.11. The van der Waals surface area contributed by atoms with E-state index in [9.17, 15) is 26.4 Å². The van der Waals surface area contributed by atoms with Crippen molar-refractivity contribution in [3.63, 3.8) is 0 Å². The van der Waals surface area contributed by atoms with Gasteiger partial charge in [-0.15, -0.1) is 10.2 Å². The van der Waals surface area contributed by atoms with Crippen molar-refractivity contribution in [2.75, 3.05) is 24.6 Å². The third kappa shape index (κ3) is 6.18. The largest absolute Gasteiger partial charge is 0.466 e. The molecule has 0 N–H and O–H groups in total. The number of halogens is 3. The monoisotopic (exact) mass is 671 g/mol. The van der Waals surface area contributed by atoms with Gasteiger partial charge in [-0.1, -0.05) is 6.07 Å². The Morgan fingerprint density at radius 2 is 1.91 bits per heavy atom. The van der Waals surface area contributed by atoms with Crippen molar-refractivity contribution >= 4 is 27.5 Å². The Bertz CT molecular complexity index is 1950. The van der Waals surface area contributed by atoms with Crippen molar-refractivity contribution in [1.29, 1.82) is 0 Å². The van der Waals surface area contributed by atoms with E-state index in [1.54, 1.807) is 32.2 Å². The zero-order chi connectivity index (χ0) is 33.7. The molecule has 2 aliphatic heterocycles. The van der Waals surface area contributed by atoms with Crippen LogP contribution in [0.4, 0.5) is 19.0 Å². The lowest BCUT2D eigenvalue weighted by atomic mass is 9.89. The lowest BCUT2D eigenvalue weighted by Crippen LogP contribution is -2.45. The van der Waals surface area contributed by atoms with Crippen LogP contribution in [0.3, 0.4) is 0 Å². The molecule has 11 nitrogen and oxygen atoms in total. The molecule has 0 aromatic carbocycles. The van der Waals surface area contributed by atoms with Crippen LogP contribution in [0.1, 0.15) is 78.0 Å². The normalized spacial score (nSPS) is 18.8. The Morgan fingerprint density at radius 1 is 1.13 bits per heavy atom. The fourth-order valence-corrected chi connectivity index (χ4v) is 8.24. The molecule has 1 saturated heterocycles. The fraction of sp³-hybridized carbons (Fsp3) is 0.469. The number of carbonyl (C=O) groups is 1. The van der Waals surface area contributed by atoms with Gasteiger partial charge in [0, 0.05) is 43.1 Å². The number of hydrogen-bond donors (Lipinski definition) is 0. The van der Waals surface area contributed by atoms with Crippen LogP contribution in [0.15, 0.2) is 41.6 Å². The first-order valence-corrected chi connectivity index (χ1v) is 17.0. The predicted molar refractivity (Wildman–Crippen MR) is 166 cm³/mol. The molecular formula is C32H36F3N7O4S. The quantitative estimate of drug-likeness (QED) is 0.247. The van der Waals surface area contributed by atoms with Crippen LogP contribution in [0, 0.1) is 20.8 Å². The number of ether oxygens (including phenoxy) is 1. The Balaban J connectivity index is 1.41. The molecule has 6 heterocycles. The van der Waals surface area contributed by atoms with E-state index < -0.39 is 33.9 Å². The minimum atomic E-state index is -4.71. The van der Waals surface area contributed by atoms with Gasteiger partial charge in [-0.05, 0) is 87.4 Å². The van der Waals surface area contributed by atoms with Crippen molar-refractivity contribution in [2.45, 2.75) is 83.0 Å². The number of hydrogen-bond acceptors (Lipinski definition) is 9. The lowest BCUT2D eigenvalue weighted by molar-refractivity contribution is -0.145. The average Bonchev–Trinajstić information content (AvgIpc) is 3.44. The summed E-state index contributed by atoms with van der Waals surface area (Å²) in [5, 5.41) is 7.17. The summed E-state index contributed by atoms with van der Waals surface area (Å²) >= 11 is 0. The molecule has 4 aromatic rings. The van der Waals surface area contributed by atoms with E-state index in [1.807, 2.05) is 19.9 Å². The fourth-order valence-electron chi connectivity index (χ4n) is 6.57. The number of piperidine rings is 1. The maximum Gasteiger partial charge on any atom is 0.452 e. The summed E-state index contributed by atoms with van der Waals surface area (Å²) in [5.74, 6) is -1.90. The topological polar surface area (TPSA) is 123 Å². The van der Waals surface area contributed by atoms with Gasteiger partial charge in [0.1, 0.15) is 10.7 Å². The second kappa shape index (κ2) is 12.5. The van der Waals surface area contributed by atoms with Crippen molar-refractivity contribution in [3.8, 4) is 0 Å². The number of anilines is 1. The summed E-state index contributed by atoms with van der Waals surface area (Å²) in [7, 11) is -3.96. The second-order valence-corrected chi connectivity index (χ2v) is 14.1. The number of nitrogens with zero attached hydrogens (tertiary/aromatic N) is 7. The molecule has 0 saturated carbocycles. The minimum absolute atomic E-state index is 0.00582. The van der Waals surface area contributed by atoms with E-state index in [1.165, 1.54) is 16.6 Å². The van der Waals surface area contributed by atoms with Crippen molar-refractivity contribution in [1.82, 2.24) is 28.9 Å². The number of sulfonamides is 1. The van der Waals surface area contributed by atoms with Crippen LogP contribution in [0.2, 0.25) is 0 Å². The molecular weight excluding hydrogens is 635 g/mol. The molecule has 1 fully saturated rings. The second-order valence-electron chi connectivity index (χ2n) is 12.1. The highest BCUT2D eigenvalue weighted by molar-refractivity contribution is 7.89. The van der Waals surface area contributed by atoms with Gasteiger partial charge in [0.25, 0.3) is 0 Å². The van der Waals surface area contributed by atoms with E-state index in [-0.39, 0.29) is 42.7 Å². The molecule has 47 heavy (non-hydrogen) atoms. The van der Waals surface area contributed by atoms with Gasteiger partial charge in [0.15, 0.2) is 5.65 Å². The summed E-state index contributed by atoms with van der Waals surface area (Å²) in [6.45, 7) is 8.09. The first-order valence-electron chi connectivity index (χ1n) is 15.6. The molecule has 0 amide bonds. The van der Waals surface area contributed by atoms with Gasteiger partial charge in [-0.3, -0.25) is 14.2 Å². The highest BCUT2D eigenvalue weighted by Crippen LogP contribution is 2.37. The van der Waals surface area contributed by atoms with Crippen LogP contribution >= 0.6 is 0 Å². The zero-order valence-electron chi connectivity index (χ0n) is 26.6. The molecule has 0 radical (unpaired) electrons. The smallest absolute Gasteiger partial charge is 0.452 e. The van der Waals surface area contributed by atoms with Gasteiger partial charge < -0.3 is 9.64 Å². The van der Waals surface area contributed by atoms with Crippen LogP contribution in [0.5, 0.6) is 0 Å². The van der Waals surface area contributed by atoms with Crippen LogP contribution in [0.25, 0.3) is 5.65 Å². The third-order valence-electron chi connectivity index (χ3n) is 8.98.